The minimum atomic E-state index is -0.0681. The molecule has 1 heterocycles. The van der Waals surface area contributed by atoms with E-state index in [1.165, 1.54) is 12.5 Å². The molecule has 0 atom stereocenters. The fourth-order valence-corrected chi connectivity index (χ4v) is 0.485. The molecule has 0 radical (unpaired) electrons. The van der Waals surface area contributed by atoms with E-state index in [0.29, 0.717) is 5.69 Å². The molecule has 1 rings (SSSR count). The summed E-state index contributed by atoms with van der Waals surface area (Å²) in [6.45, 7) is 0. The van der Waals surface area contributed by atoms with Gasteiger partial charge in [0.1, 0.15) is 18.0 Å². The molecule has 0 aromatic carbocycles. The molecule has 2 N–H and O–H groups in total. The molecule has 0 aliphatic rings. The molecule has 0 bridgehead atoms. The van der Waals surface area contributed by atoms with Crippen LogP contribution in [0.4, 0.5) is 5.69 Å². The lowest BCUT2D eigenvalue weighted by atomic mass is 10.5. The van der Waals surface area contributed by atoms with Crippen LogP contribution >= 0.6 is 0 Å². The maximum Gasteiger partial charge on any atom is 0.204 e. The molecule has 1 aromatic heterocycles. The second kappa shape index (κ2) is 2.69. The van der Waals surface area contributed by atoms with Gasteiger partial charge in [-0.1, -0.05) is 0 Å². The van der Waals surface area contributed by atoms with E-state index in [2.05, 4.69) is 9.41 Å². The monoisotopic (exact) mass is 135 g/mol. The third-order valence-corrected chi connectivity index (χ3v) is 0.870. The second-order valence-electron chi connectivity index (χ2n) is 1.59. The van der Waals surface area contributed by atoms with Gasteiger partial charge >= 0.3 is 0 Å². The fourth-order valence-electron chi connectivity index (χ4n) is 0.485. The standard InChI is InChI=1S/C6H5N3O/c7-3-6(8)9-5-1-2-10-4-5/h1-2,4H,(H2,8,9). The fraction of sp³-hybridized carbons (Fsp3) is 0. The Morgan fingerprint density at radius 1 is 1.80 bits per heavy atom. The molecule has 0 saturated heterocycles. The van der Waals surface area contributed by atoms with Crippen molar-refractivity contribution in [2.75, 3.05) is 0 Å². The average molecular weight is 135 g/mol. The first-order valence-corrected chi connectivity index (χ1v) is 2.59. The molecule has 4 nitrogen and oxygen atoms in total. The third-order valence-electron chi connectivity index (χ3n) is 0.870. The van der Waals surface area contributed by atoms with Crippen molar-refractivity contribution >= 4 is 11.5 Å². The van der Waals surface area contributed by atoms with E-state index in [-0.39, 0.29) is 5.84 Å². The van der Waals surface area contributed by atoms with E-state index in [9.17, 15) is 0 Å². The maximum absolute atomic E-state index is 8.20. The summed E-state index contributed by atoms with van der Waals surface area (Å²) in [4.78, 5) is 3.68. The van der Waals surface area contributed by atoms with Gasteiger partial charge in [0.15, 0.2) is 0 Å². The van der Waals surface area contributed by atoms with Crippen molar-refractivity contribution in [1.29, 1.82) is 5.26 Å². The van der Waals surface area contributed by atoms with Crippen LogP contribution in [0.2, 0.25) is 0 Å². The molecule has 0 spiro atoms. The Bertz CT molecular complexity index is 268. The zero-order chi connectivity index (χ0) is 7.40. The van der Waals surface area contributed by atoms with Gasteiger partial charge in [0.25, 0.3) is 0 Å². The van der Waals surface area contributed by atoms with E-state index in [4.69, 9.17) is 11.0 Å². The highest BCUT2D eigenvalue weighted by Gasteiger charge is 1.90. The minimum absolute atomic E-state index is 0.0681. The van der Waals surface area contributed by atoms with Gasteiger partial charge in [-0.3, -0.25) is 0 Å². The van der Waals surface area contributed by atoms with Crippen molar-refractivity contribution < 1.29 is 4.42 Å². The van der Waals surface area contributed by atoms with E-state index in [1.807, 2.05) is 0 Å². The second-order valence-corrected chi connectivity index (χ2v) is 1.59. The van der Waals surface area contributed by atoms with Gasteiger partial charge in [-0.15, -0.1) is 0 Å². The summed E-state index contributed by atoms with van der Waals surface area (Å²) in [6, 6.07) is 3.30. The summed E-state index contributed by atoms with van der Waals surface area (Å²) in [6.07, 6.45) is 2.87. The Kier molecular flexibility index (Phi) is 1.71. The number of nitrogens with zero attached hydrogens (tertiary/aromatic N) is 2. The summed E-state index contributed by atoms with van der Waals surface area (Å²) in [5.41, 5.74) is 5.67. The summed E-state index contributed by atoms with van der Waals surface area (Å²) in [5.74, 6) is -0.0681. The Balaban J connectivity index is 2.83. The highest BCUT2D eigenvalue weighted by Crippen LogP contribution is 2.10. The van der Waals surface area contributed by atoms with Crippen LogP contribution in [0, 0.1) is 11.3 Å². The molecule has 0 aliphatic heterocycles. The van der Waals surface area contributed by atoms with Crippen molar-refractivity contribution in [3.63, 3.8) is 0 Å². The molecule has 0 fully saturated rings. The number of nitriles is 1. The Morgan fingerprint density at radius 3 is 3.10 bits per heavy atom. The Morgan fingerprint density at radius 2 is 2.60 bits per heavy atom. The SMILES string of the molecule is N#CC(N)=Nc1ccoc1. The van der Waals surface area contributed by atoms with Crippen molar-refractivity contribution in [3.8, 4) is 6.07 Å². The Hall–Kier alpha value is -1.76. The first kappa shape index (κ1) is 6.36. The van der Waals surface area contributed by atoms with Gasteiger partial charge in [-0.25, -0.2) is 4.99 Å². The summed E-state index contributed by atoms with van der Waals surface area (Å²) in [7, 11) is 0. The first-order chi connectivity index (χ1) is 4.83. The number of hydrogen-bond acceptors (Lipinski definition) is 3. The largest absolute Gasteiger partial charge is 0.470 e. The number of nitrogens with two attached hydrogens (primary N) is 1. The average Bonchev–Trinajstić information content (AvgIpc) is 2.40. The van der Waals surface area contributed by atoms with Crippen LogP contribution in [0.25, 0.3) is 0 Å². The predicted octanol–water partition coefficient (Wildman–Crippen LogP) is 0.792. The number of aliphatic imine (C=N–C) groups is 1. The maximum atomic E-state index is 8.20. The van der Waals surface area contributed by atoms with Crippen LogP contribution in [-0.2, 0) is 0 Å². The third kappa shape index (κ3) is 1.36. The van der Waals surface area contributed by atoms with Gasteiger partial charge < -0.3 is 10.2 Å². The lowest BCUT2D eigenvalue weighted by Crippen LogP contribution is -2.06. The number of furan rings is 1. The lowest BCUT2D eigenvalue weighted by Gasteiger charge is -1.81. The number of amidine groups is 1. The van der Waals surface area contributed by atoms with E-state index in [0.717, 1.165) is 0 Å². The molecule has 0 aliphatic carbocycles. The molecular formula is C6H5N3O. The number of hydrogen-bond donors (Lipinski definition) is 1. The van der Waals surface area contributed by atoms with Gasteiger partial charge in [0, 0.05) is 6.07 Å². The summed E-state index contributed by atoms with van der Waals surface area (Å²) < 4.78 is 4.69. The van der Waals surface area contributed by atoms with Gasteiger partial charge in [0.2, 0.25) is 5.84 Å². The van der Waals surface area contributed by atoms with E-state index in [1.54, 1.807) is 12.1 Å². The molecule has 4 heteroatoms. The molecule has 0 unspecified atom stereocenters. The molecule has 50 valence electrons. The zero-order valence-electron chi connectivity index (χ0n) is 5.11. The zero-order valence-corrected chi connectivity index (χ0v) is 5.11. The lowest BCUT2D eigenvalue weighted by molar-refractivity contribution is 0.568. The molecular weight excluding hydrogens is 130 g/mol. The molecule has 0 amide bonds. The van der Waals surface area contributed by atoms with Gasteiger partial charge in [-0.05, 0) is 0 Å². The van der Waals surface area contributed by atoms with Crippen molar-refractivity contribution in [2.45, 2.75) is 0 Å². The van der Waals surface area contributed by atoms with Crippen molar-refractivity contribution in [3.05, 3.63) is 18.6 Å². The van der Waals surface area contributed by atoms with Gasteiger partial charge in [0.05, 0.1) is 6.26 Å². The predicted molar refractivity (Wildman–Crippen MR) is 35.6 cm³/mol. The smallest absolute Gasteiger partial charge is 0.204 e. The molecule has 0 saturated carbocycles. The molecule has 10 heavy (non-hydrogen) atoms. The topological polar surface area (TPSA) is 75.3 Å². The van der Waals surface area contributed by atoms with Crippen LogP contribution in [0.3, 0.4) is 0 Å². The van der Waals surface area contributed by atoms with E-state index < -0.39 is 0 Å². The summed E-state index contributed by atoms with van der Waals surface area (Å²) in [5, 5.41) is 8.20. The van der Waals surface area contributed by atoms with Crippen molar-refractivity contribution in [2.24, 2.45) is 10.7 Å². The van der Waals surface area contributed by atoms with Crippen LogP contribution < -0.4 is 5.73 Å². The van der Waals surface area contributed by atoms with Crippen LogP contribution in [0.15, 0.2) is 28.0 Å². The van der Waals surface area contributed by atoms with Crippen molar-refractivity contribution in [1.82, 2.24) is 0 Å². The summed E-state index contributed by atoms with van der Waals surface area (Å²) >= 11 is 0. The van der Waals surface area contributed by atoms with Crippen LogP contribution in [-0.4, -0.2) is 5.84 Å². The highest BCUT2D eigenvalue weighted by atomic mass is 16.3. The normalized spacial score (nSPS) is 10.9. The molecule has 1 aromatic rings. The number of rotatable bonds is 1. The first-order valence-electron chi connectivity index (χ1n) is 2.59. The highest BCUT2D eigenvalue weighted by molar-refractivity contribution is 5.96. The van der Waals surface area contributed by atoms with Gasteiger partial charge in [-0.2, -0.15) is 5.26 Å². The minimum Gasteiger partial charge on any atom is -0.470 e. The van der Waals surface area contributed by atoms with Crippen LogP contribution in [0.1, 0.15) is 0 Å². The quantitative estimate of drug-likeness (QED) is 0.457. The van der Waals surface area contributed by atoms with E-state index >= 15 is 0 Å². The van der Waals surface area contributed by atoms with Crippen LogP contribution in [0.5, 0.6) is 0 Å². The Labute approximate surface area is 57.6 Å².